The number of aromatic nitrogens is 3. The molecule has 1 amide bonds. The number of hydrogen-bond acceptors (Lipinski definition) is 5. The van der Waals surface area contributed by atoms with Crippen molar-refractivity contribution in [3.63, 3.8) is 0 Å². The fourth-order valence-electron chi connectivity index (χ4n) is 3.45. The Morgan fingerprint density at radius 3 is 2.58 bits per heavy atom. The average molecular weight is 413 g/mol. The van der Waals surface area contributed by atoms with Gasteiger partial charge in [0.1, 0.15) is 5.75 Å². The first-order valence-corrected chi connectivity index (χ1v) is 10.3. The van der Waals surface area contributed by atoms with Crippen molar-refractivity contribution in [2.24, 2.45) is 5.92 Å². The van der Waals surface area contributed by atoms with E-state index in [2.05, 4.69) is 20.7 Å². The number of ether oxygens (including phenoxy) is 1. The minimum absolute atomic E-state index is 0.0339. The lowest BCUT2D eigenvalue weighted by Crippen LogP contribution is -2.25. The largest absolute Gasteiger partial charge is 0.497 e. The predicted molar refractivity (Wildman–Crippen MR) is 120 cm³/mol. The fraction of sp³-hybridized carbons (Fsp3) is 0.208. The molecule has 0 atom stereocenters. The van der Waals surface area contributed by atoms with Gasteiger partial charge in [-0.1, -0.05) is 12.1 Å². The van der Waals surface area contributed by atoms with Gasteiger partial charge in [0.15, 0.2) is 5.65 Å². The summed E-state index contributed by atoms with van der Waals surface area (Å²) in [5.74, 6) is 1.93. The number of nitrogens with zero attached hydrogens (tertiary/aromatic N) is 3. The van der Waals surface area contributed by atoms with Crippen LogP contribution in [0.5, 0.6) is 5.75 Å². The number of methoxy groups -OCH3 is 1. The second kappa shape index (κ2) is 8.10. The molecule has 156 valence electrons. The Morgan fingerprint density at radius 2 is 1.87 bits per heavy atom. The number of pyridine rings is 1. The van der Waals surface area contributed by atoms with Crippen LogP contribution in [0, 0.1) is 5.92 Å². The molecular weight excluding hydrogens is 390 g/mol. The molecule has 0 unspecified atom stereocenters. The standard InChI is InChI=1S/C24H23N5O2/c1-31-20-12-8-17(9-13-20)21-3-2-14-29-22(21)27-24(28-29)26-19-10-6-18(7-11-19)23(30)25-15-16-4-5-16/h2-3,6-14,16H,4-5,15H2,1H3,(H,25,30)(H,26,28). The topological polar surface area (TPSA) is 80.5 Å². The highest BCUT2D eigenvalue weighted by Gasteiger charge is 2.21. The number of amides is 1. The number of carbonyl (C=O) groups is 1. The molecule has 1 aliphatic rings. The Morgan fingerprint density at radius 1 is 1.10 bits per heavy atom. The molecule has 4 aromatic rings. The molecule has 0 radical (unpaired) electrons. The van der Waals surface area contributed by atoms with Gasteiger partial charge < -0.3 is 15.4 Å². The first-order valence-electron chi connectivity index (χ1n) is 10.3. The summed E-state index contributed by atoms with van der Waals surface area (Å²) < 4.78 is 7.00. The summed E-state index contributed by atoms with van der Waals surface area (Å²) in [6, 6.07) is 19.2. The van der Waals surface area contributed by atoms with E-state index in [9.17, 15) is 4.79 Å². The van der Waals surface area contributed by atoms with Crippen molar-refractivity contribution in [2.75, 3.05) is 19.0 Å². The summed E-state index contributed by atoms with van der Waals surface area (Å²) in [5, 5.41) is 10.7. The molecular formula is C24H23N5O2. The molecule has 31 heavy (non-hydrogen) atoms. The van der Waals surface area contributed by atoms with Crippen LogP contribution in [-0.4, -0.2) is 34.2 Å². The molecule has 2 heterocycles. The highest BCUT2D eigenvalue weighted by atomic mass is 16.5. The summed E-state index contributed by atoms with van der Waals surface area (Å²) in [4.78, 5) is 16.9. The number of nitrogens with one attached hydrogen (secondary N) is 2. The Balaban J connectivity index is 1.34. The van der Waals surface area contributed by atoms with Crippen molar-refractivity contribution in [2.45, 2.75) is 12.8 Å². The second-order valence-corrected chi connectivity index (χ2v) is 7.71. The van der Waals surface area contributed by atoms with Crippen LogP contribution in [0.2, 0.25) is 0 Å². The van der Waals surface area contributed by atoms with Gasteiger partial charge in [-0.3, -0.25) is 4.79 Å². The van der Waals surface area contributed by atoms with E-state index in [1.54, 1.807) is 11.6 Å². The van der Waals surface area contributed by atoms with Gasteiger partial charge in [-0.2, -0.15) is 4.98 Å². The molecule has 1 saturated carbocycles. The number of benzene rings is 2. The molecule has 0 saturated heterocycles. The van der Waals surface area contributed by atoms with Gasteiger partial charge in [-0.25, -0.2) is 4.52 Å². The van der Waals surface area contributed by atoms with Gasteiger partial charge in [-0.15, -0.1) is 5.10 Å². The van der Waals surface area contributed by atoms with E-state index >= 15 is 0 Å². The zero-order chi connectivity index (χ0) is 21.2. The lowest BCUT2D eigenvalue weighted by atomic mass is 10.1. The fourth-order valence-corrected chi connectivity index (χ4v) is 3.45. The van der Waals surface area contributed by atoms with E-state index in [1.165, 1.54) is 12.8 Å². The summed E-state index contributed by atoms with van der Waals surface area (Å²) in [7, 11) is 1.65. The molecule has 1 fully saturated rings. The molecule has 1 aliphatic carbocycles. The maximum Gasteiger partial charge on any atom is 0.251 e. The van der Waals surface area contributed by atoms with E-state index in [4.69, 9.17) is 4.74 Å². The van der Waals surface area contributed by atoms with Gasteiger partial charge in [0.25, 0.3) is 5.91 Å². The van der Waals surface area contributed by atoms with Crippen LogP contribution in [-0.2, 0) is 0 Å². The Kier molecular flexibility index (Phi) is 5.00. The number of carbonyl (C=O) groups excluding carboxylic acids is 1. The van der Waals surface area contributed by atoms with Crippen LogP contribution < -0.4 is 15.4 Å². The van der Waals surface area contributed by atoms with Crippen LogP contribution in [0.25, 0.3) is 16.8 Å². The molecule has 7 heteroatoms. The molecule has 5 rings (SSSR count). The SMILES string of the molecule is COc1ccc(-c2cccn3nc(Nc4ccc(C(=O)NCC5CC5)cc4)nc23)cc1. The van der Waals surface area contributed by atoms with E-state index in [0.29, 0.717) is 17.4 Å². The second-order valence-electron chi connectivity index (χ2n) is 7.71. The summed E-state index contributed by atoms with van der Waals surface area (Å²) in [5.41, 5.74) is 4.24. The number of fused-ring (bicyclic) bond motifs is 1. The van der Waals surface area contributed by atoms with Gasteiger partial charge in [0.05, 0.1) is 7.11 Å². The lowest BCUT2D eigenvalue weighted by molar-refractivity contribution is 0.0952. The van der Waals surface area contributed by atoms with Crippen molar-refractivity contribution in [1.29, 1.82) is 0 Å². The van der Waals surface area contributed by atoms with Crippen molar-refractivity contribution in [1.82, 2.24) is 19.9 Å². The molecule has 0 bridgehead atoms. The summed E-state index contributed by atoms with van der Waals surface area (Å²) in [6.07, 6.45) is 4.30. The lowest BCUT2D eigenvalue weighted by Gasteiger charge is -2.06. The smallest absolute Gasteiger partial charge is 0.251 e. The average Bonchev–Trinajstić information content (AvgIpc) is 3.55. The summed E-state index contributed by atoms with van der Waals surface area (Å²) in [6.45, 7) is 0.764. The monoisotopic (exact) mass is 413 g/mol. The van der Waals surface area contributed by atoms with Gasteiger partial charge in [0.2, 0.25) is 5.95 Å². The van der Waals surface area contributed by atoms with E-state index in [0.717, 1.165) is 34.8 Å². The molecule has 2 N–H and O–H groups in total. The Bertz CT molecular complexity index is 1210. The van der Waals surface area contributed by atoms with E-state index < -0.39 is 0 Å². The zero-order valence-electron chi connectivity index (χ0n) is 17.2. The quantitative estimate of drug-likeness (QED) is 0.472. The van der Waals surface area contributed by atoms with Crippen molar-refractivity contribution < 1.29 is 9.53 Å². The van der Waals surface area contributed by atoms with Crippen molar-refractivity contribution in [3.05, 3.63) is 72.4 Å². The highest BCUT2D eigenvalue weighted by molar-refractivity contribution is 5.94. The number of hydrogen-bond donors (Lipinski definition) is 2. The highest BCUT2D eigenvalue weighted by Crippen LogP contribution is 2.28. The summed E-state index contributed by atoms with van der Waals surface area (Å²) >= 11 is 0. The van der Waals surface area contributed by atoms with Gasteiger partial charge in [0, 0.05) is 29.6 Å². The van der Waals surface area contributed by atoms with E-state index in [-0.39, 0.29) is 5.91 Å². The molecule has 0 spiro atoms. The zero-order valence-corrected chi connectivity index (χ0v) is 17.2. The van der Waals surface area contributed by atoms with E-state index in [1.807, 2.05) is 66.9 Å². The molecule has 2 aromatic carbocycles. The predicted octanol–water partition coefficient (Wildman–Crippen LogP) is 4.29. The van der Waals surface area contributed by atoms with Gasteiger partial charge >= 0.3 is 0 Å². The molecule has 7 nitrogen and oxygen atoms in total. The van der Waals surface area contributed by atoms with Crippen LogP contribution in [0.4, 0.5) is 11.6 Å². The first kappa shape index (κ1) is 19.1. The maximum absolute atomic E-state index is 12.2. The number of rotatable bonds is 7. The Labute approximate surface area is 180 Å². The van der Waals surface area contributed by atoms with Crippen LogP contribution in [0.15, 0.2) is 66.9 Å². The third-order valence-electron chi connectivity index (χ3n) is 5.41. The van der Waals surface area contributed by atoms with Crippen LogP contribution in [0.1, 0.15) is 23.2 Å². The first-order chi connectivity index (χ1) is 15.2. The third kappa shape index (κ3) is 4.21. The van der Waals surface area contributed by atoms with Crippen LogP contribution >= 0.6 is 0 Å². The van der Waals surface area contributed by atoms with Crippen LogP contribution in [0.3, 0.4) is 0 Å². The maximum atomic E-state index is 12.2. The van der Waals surface area contributed by atoms with Crippen molar-refractivity contribution >= 4 is 23.2 Å². The normalized spacial score (nSPS) is 13.2. The molecule has 2 aromatic heterocycles. The third-order valence-corrected chi connectivity index (χ3v) is 5.41. The minimum atomic E-state index is -0.0339. The molecule has 0 aliphatic heterocycles. The Hall–Kier alpha value is -3.87. The van der Waals surface area contributed by atoms with Gasteiger partial charge in [-0.05, 0) is 72.9 Å². The minimum Gasteiger partial charge on any atom is -0.497 e. The number of anilines is 2. The van der Waals surface area contributed by atoms with Crippen molar-refractivity contribution in [3.8, 4) is 16.9 Å².